The molecule has 0 aliphatic carbocycles. The van der Waals surface area contributed by atoms with E-state index in [2.05, 4.69) is 0 Å². The third-order valence-electron chi connectivity index (χ3n) is 4.37. The number of carbonyl (C=O) groups excluding carboxylic acids is 2. The molecule has 2 aromatic carbocycles. The fourth-order valence-corrected chi connectivity index (χ4v) is 2.86. The van der Waals surface area contributed by atoms with Gasteiger partial charge in [-0.1, -0.05) is 36.4 Å². The number of nitrogens with zero attached hydrogens (tertiary/aromatic N) is 1. The first kappa shape index (κ1) is 18.8. The molecule has 0 bridgehead atoms. The zero-order valence-corrected chi connectivity index (χ0v) is 14.5. The van der Waals surface area contributed by atoms with E-state index < -0.39 is 0 Å². The van der Waals surface area contributed by atoms with Gasteiger partial charge in [-0.25, -0.2) is 4.39 Å². The molecule has 0 aliphatic heterocycles. The summed E-state index contributed by atoms with van der Waals surface area (Å²) in [5.74, 6) is -0.231. The van der Waals surface area contributed by atoms with Crippen molar-refractivity contribution in [3.05, 3.63) is 71.0 Å². The highest BCUT2D eigenvalue weighted by molar-refractivity contribution is 5.54. The molecule has 0 N–H and O–H groups in total. The van der Waals surface area contributed by atoms with Crippen molar-refractivity contribution in [3.63, 3.8) is 0 Å². The molecule has 0 fully saturated rings. The van der Waals surface area contributed by atoms with Crippen LogP contribution in [0.15, 0.2) is 48.5 Å². The Bertz CT molecular complexity index is 667. The summed E-state index contributed by atoms with van der Waals surface area (Å²) in [4.78, 5) is 23.7. The number of hydrogen-bond acceptors (Lipinski definition) is 2. The molecular weight excluding hydrogens is 317 g/mol. The molecule has 1 unspecified atom stereocenters. The molecule has 1 amide bonds. The highest BCUT2D eigenvalue weighted by Crippen LogP contribution is 2.12. The minimum absolute atomic E-state index is 0.0997. The standard InChI is InChI=1S/C21H24FNO2/c1-17(15-20-6-4-19(5-7-20)12-14-24)23(16-25)13-2-3-18-8-10-21(22)11-9-18/h4-11,14,16-17H,2-3,12-13,15H2,1H3. The Morgan fingerprint density at radius 3 is 2.16 bits per heavy atom. The monoisotopic (exact) mass is 341 g/mol. The van der Waals surface area contributed by atoms with E-state index in [1.54, 1.807) is 12.1 Å². The van der Waals surface area contributed by atoms with Crippen LogP contribution in [0.5, 0.6) is 0 Å². The molecule has 4 heteroatoms. The molecule has 0 radical (unpaired) electrons. The van der Waals surface area contributed by atoms with E-state index >= 15 is 0 Å². The second-order valence-electron chi connectivity index (χ2n) is 6.31. The molecule has 0 heterocycles. The third-order valence-corrected chi connectivity index (χ3v) is 4.37. The molecule has 2 aromatic rings. The van der Waals surface area contributed by atoms with E-state index in [0.717, 1.165) is 48.6 Å². The minimum Gasteiger partial charge on any atom is -0.342 e. The number of hydrogen-bond donors (Lipinski definition) is 0. The zero-order valence-electron chi connectivity index (χ0n) is 14.5. The molecule has 0 spiro atoms. The van der Waals surface area contributed by atoms with E-state index in [4.69, 9.17) is 0 Å². The van der Waals surface area contributed by atoms with Crippen LogP contribution in [0.4, 0.5) is 4.39 Å². The van der Waals surface area contributed by atoms with E-state index in [0.29, 0.717) is 13.0 Å². The molecule has 1 atom stereocenters. The summed E-state index contributed by atoms with van der Waals surface area (Å²) >= 11 is 0. The van der Waals surface area contributed by atoms with Gasteiger partial charge >= 0.3 is 0 Å². The van der Waals surface area contributed by atoms with Gasteiger partial charge in [0.15, 0.2) is 0 Å². The van der Waals surface area contributed by atoms with Gasteiger partial charge in [0.05, 0.1) is 0 Å². The molecule has 132 valence electrons. The van der Waals surface area contributed by atoms with E-state index in [1.807, 2.05) is 36.1 Å². The Labute approximate surface area is 148 Å². The van der Waals surface area contributed by atoms with Crippen LogP contribution in [0.25, 0.3) is 0 Å². The van der Waals surface area contributed by atoms with Crippen molar-refractivity contribution in [2.24, 2.45) is 0 Å². The van der Waals surface area contributed by atoms with Crippen LogP contribution in [0.1, 0.15) is 30.0 Å². The van der Waals surface area contributed by atoms with E-state index in [-0.39, 0.29) is 11.9 Å². The smallest absolute Gasteiger partial charge is 0.209 e. The lowest BCUT2D eigenvalue weighted by molar-refractivity contribution is -0.120. The van der Waals surface area contributed by atoms with Crippen molar-refractivity contribution in [2.75, 3.05) is 6.54 Å². The minimum atomic E-state index is -0.231. The number of aldehydes is 1. The maximum atomic E-state index is 12.9. The summed E-state index contributed by atoms with van der Waals surface area (Å²) in [6.45, 7) is 2.71. The molecule has 25 heavy (non-hydrogen) atoms. The number of halogens is 1. The molecule has 2 rings (SSSR count). The van der Waals surface area contributed by atoms with Crippen LogP contribution in [0, 0.1) is 5.82 Å². The van der Waals surface area contributed by atoms with Gasteiger partial charge in [-0.2, -0.15) is 0 Å². The first-order valence-electron chi connectivity index (χ1n) is 8.59. The number of amides is 1. The fourth-order valence-electron chi connectivity index (χ4n) is 2.86. The van der Waals surface area contributed by atoms with Crippen LogP contribution >= 0.6 is 0 Å². The predicted octanol–water partition coefficient (Wildman–Crippen LogP) is 3.59. The van der Waals surface area contributed by atoms with Crippen molar-refractivity contribution in [1.29, 1.82) is 0 Å². The lowest BCUT2D eigenvalue weighted by atomic mass is 10.0. The SMILES string of the molecule is CC(Cc1ccc(CC=O)cc1)N(C=O)CCCc1ccc(F)cc1. The average Bonchev–Trinajstić information content (AvgIpc) is 2.62. The van der Waals surface area contributed by atoms with Crippen LogP contribution in [0.3, 0.4) is 0 Å². The number of rotatable bonds is 10. The van der Waals surface area contributed by atoms with Crippen molar-refractivity contribution in [1.82, 2.24) is 4.90 Å². The number of carbonyl (C=O) groups is 2. The van der Waals surface area contributed by atoms with Gasteiger partial charge in [0, 0.05) is 19.0 Å². The van der Waals surface area contributed by atoms with E-state index in [1.165, 1.54) is 12.1 Å². The van der Waals surface area contributed by atoms with Crippen molar-refractivity contribution < 1.29 is 14.0 Å². The molecule has 0 saturated heterocycles. The molecule has 0 saturated carbocycles. The quantitative estimate of drug-likeness (QED) is 0.619. The molecular formula is C21H24FNO2. The Kier molecular flexibility index (Phi) is 7.33. The summed E-state index contributed by atoms with van der Waals surface area (Å²) in [7, 11) is 0. The lowest BCUT2D eigenvalue weighted by Gasteiger charge is -2.25. The fraction of sp³-hybridized carbons (Fsp3) is 0.333. The highest BCUT2D eigenvalue weighted by Gasteiger charge is 2.12. The van der Waals surface area contributed by atoms with Crippen LogP contribution < -0.4 is 0 Å². The van der Waals surface area contributed by atoms with Gasteiger partial charge in [-0.15, -0.1) is 0 Å². The summed E-state index contributed by atoms with van der Waals surface area (Å²) in [5.41, 5.74) is 3.22. The molecule has 0 aliphatic rings. The first-order valence-corrected chi connectivity index (χ1v) is 8.59. The highest BCUT2D eigenvalue weighted by atomic mass is 19.1. The Balaban J connectivity index is 1.83. The summed E-state index contributed by atoms with van der Waals surface area (Å²) < 4.78 is 12.9. The van der Waals surface area contributed by atoms with Crippen molar-refractivity contribution in [2.45, 2.75) is 38.6 Å². The molecule has 0 aromatic heterocycles. The maximum absolute atomic E-state index is 12.9. The Morgan fingerprint density at radius 2 is 1.56 bits per heavy atom. The van der Waals surface area contributed by atoms with Gasteiger partial charge in [0.2, 0.25) is 6.41 Å². The van der Waals surface area contributed by atoms with Crippen molar-refractivity contribution in [3.8, 4) is 0 Å². The first-order chi connectivity index (χ1) is 12.1. The summed E-state index contributed by atoms with van der Waals surface area (Å²) in [6, 6.07) is 14.5. The zero-order chi connectivity index (χ0) is 18.1. The van der Waals surface area contributed by atoms with Crippen LogP contribution in [0.2, 0.25) is 0 Å². The second kappa shape index (κ2) is 9.72. The third kappa shape index (κ3) is 6.14. The van der Waals surface area contributed by atoms with Gasteiger partial charge in [0.1, 0.15) is 12.1 Å². The number of benzene rings is 2. The largest absolute Gasteiger partial charge is 0.342 e. The van der Waals surface area contributed by atoms with Crippen LogP contribution in [-0.2, 0) is 28.9 Å². The van der Waals surface area contributed by atoms with Gasteiger partial charge in [0.25, 0.3) is 0 Å². The van der Waals surface area contributed by atoms with Gasteiger partial charge < -0.3 is 9.69 Å². The van der Waals surface area contributed by atoms with Crippen molar-refractivity contribution >= 4 is 12.7 Å². The maximum Gasteiger partial charge on any atom is 0.209 e. The van der Waals surface area contributed by atoms with Gasteiger partial charge in [-0.05, 0) is 55.0 Å². The average molecular weight is 341 g/mol. The Hall–Kier alpha value is -2.49. The van der Waals surface area contributed by atoms with Gasteiger partial charge in [-0.3, -0.25) is 4.79 Å². The van der Waals surface area contributed by atoms with Crippen LogP contribution in [-0.4, -0.2) is 30.2 Å². The molecule has 3 nitrogen and oxygen atoms in total. The Morgan fingerprint density at radius 1 is 0.960 bits per heavy atom. The lowest BCUT2D eigenvalue weighted by Crippen LogP contribution is -2.34. The topological polar surface area (TPSA) is 37.4 Å². The summed E-state index contributed by atoms with van der Waals surface area (Å²) in [6.07, 6.45) is 4.66. The number of aryl methyl sites for hydroxylation is 1. The summed E-state index contributed by atoms with van der Waals surface area (Å²) in [5, 5.41) is 0. The normalized spacial score (nSPS) is 11.8. The van der Waals surface area contributed by atoms with E-state index in [9.17, 15) is 14.0 Å². The predicted molar refractivity (Wildman–Crippen MR) is 96.9 cm³/mol. The second-order valence-corrected chi connectivity index (χ2v) is 6.31.